The van der Waals surface area contributed by atoms with Gasteiger partial charge in [-0.25, -0.2) is 0 Å². The van der Waals surface area contributed by atoms with Gasteiger partial charge in [-0.2, -0.15) is 13.2 Å². The molecule has 0 radical (unpaired) electrons. The molecule has 0 saturated carbocycles. The van der Waals surface area contributed by atoms with Gasteiger partial charge in [-0.1, -0.05) is 12.1 Å². The number of para-hydroxylation sites is 1. The topological polar surface area (TPSA) is 12.0 Å². The second-order valence-electron chi connectivity index (χ2n) is 3.70. The van der Waals surface area contributed by atoms with Crippen molar-refractivity contribution in [3.63, 3.8) is 0 Å². The summed E-state index contributed by atoms with van der Waals surface area (Å²) in [6.45, 7) is 3.90. The van der Waals surface area contributed by atoms with Gasteiger partial charge in [0.25, 0.3) is 0 Å². The molecule has 5 heteroatoms. The van der Waals surface area contributed by atoms with Gasteiger partial charge in [-0.3, -0.25) is 0 Å². The van der Waals surface area contributed by atoms with E-state index in [1.165, 1.54) is 0 Å². The summed E-state index contributed by atoms with van der Waals surface area (Å²) in [7, 11) is 0. The highest BCUT2D eigenvalue weighted by Crippen LogP contribution is 2.32. The average molecular weight is 249 g/mol. The molecule has 0 heterocycles. The molecule has 1 nitrogen and oxygen atoms in total. The molecular formula is C11H14F3NS. The van der Waals surface area contributed by atoms with Crippen molar-refractivity contribution >= 4 is 17.4 Å². The fourth-order valence-corrected chi connectivity index (χ4v) is 1.96. The van der Waals surface area contributed by atoms with Gasteiger partial charge in [0.15, 0.2) is 0 Å². The van der Waals surface area contributed by atoms with Gasteiger partial charge < -0.3 is 5.32 Å². The second kappa shape index (κ2) is 5.48. The van der Waals surface area contributed by atoms with Gasteiger partial charge >= 0.3 is 6.18 Å². The van der Waals surface area contributed by atoms with Gasteiger partial charge in [0.1, 0.15) is 0 Å². The summed E-state index contributed by atoms with van der Waals surface area (Å²) < 4.78 is 36.3. The Morgan fingerprint density at radius 2 is 1.88 bits per heavy atom. The van der Waals surface area contributed by atoms with E-state index in [-0.39, 0.29) is 6.04 Å². The van der Waals surface area contributed by atoms with Crippen molar-refractivity contribution in [2.45, 2.75) is 31.0 Å². The smallest absolute Gasteiger partial charge is 0.382 e. The molecule has 0 spiro atoms. The van der Waals surface area contributed by atoms with Crippen LogP contribution in [0.1, 0.15) is 13.8 Å². The van der Waals surface area contributed by atoms with Crippen LogP contribution >= 0.6 is 11.8 Å². The Bertz CT molecular complexity index is 336. The number of anilines is 1. The maximum Gasteiger partial charge on any atom is 0.398 e. The summed E-state index contributed by atoms with van der Waals surface area (Å²) in [5.74, 6) is -0.857. The SMILES string of the molecule is CC(C)Nc1ccccc1SCC(F)(F)F. The van der Waals surface area contributed by atoms with E-state index in [0.717, 1.165) is 17.4 Å². The highest BCUT2D eigenvalue weighted by molar-refractivity contribution is 7.99. The summed E-state index contributed by atoms with van der Waals surface area (Å²) >= 11 is 0.808. The standard InChI is InChI=1S/C11H14F3NS/c1-8(2)15-9-5-3-4-6-10(9)16-7-11(12,13)14/h3-6,8,15H,7H2,1-2H3. The third kappa shape index (κ3) is 4.79. The van der Waals surface area contributed by atoms with E-state index in [0.29, 0.717) is 4.90 Å². The average Bonchev–Trinajstić information content (AvgIpc) is 2.14. The van der Waals surface area contributed by atoms with E-state index in [2.05, 4.69) is 5.32 Å². The van der Waals surface area contributed by atoms with Crippen molar-refractivity contribution in [2.75, 3.05) is 11.1 Å². The Hall–Kier alpha value is -0.840. The number of benzene rings is 1. The van der Waals surface area contributed by atoms with Crippen LogP contribution in [0.15, 0.2) is 29.2 Å². The van der Waals surface area contributed by atoms with E-state index in [4.69, 9.17) is 0 Å². The van der Waals surface area contributed by atoms with E-state index < -0.39 is 11.9 Å². The molecule has 0 bridgehead atoms. The minimum absolute atomic E-state index is 0.202. The molecular weight excluding hydrogens is 235 g/mol. The summed E-state index contributed by atoms with van der Waals surface area (Å²) in [6.07, 6.45) is -4.13. The zero-order valence-corrected chi connectivity index (χ0v) is 9.95. The van der Waals surface area contributed by atoms with Crippen molar-refractivity contribution in [2.24, 2.45) is 0 Å². The molecule has 1 N–H and O–H groups in total. The van der Waals surface area contributed by atoms with E-state index >= 15 is 0 Å². The molecule has 90 valence electrons. The minimum Gasteiger partial charge on any atom is -0.382 e. The lowest BCUT2D eigenvalue weighted by Gasteiger charge is -2.14. The molecule has 0 aliphatic carbocycles. The first-order valence-corrected chi connectivity index (χ1v) is 5.92. The van der Waals surface area contributed by atoms with Crippen molar-refractivity contribution in [3.05, 3.63) is 24.3 Å². The van der Waals surface area contributed by atoms with Gasteiger partial charge in [0.05, 0.1) is 5.75 Å². The van der Waals surface area contributed by atoms with Crippen LogP contribution in [0.2, 0.25) is 0 Å². The third-order valence-electron chi connectivity index (χ3n) is 1.72. The number of rotatable bonds is 4. The van der Waals surface area contributed by atoms with Gasteiger partial charge in [0.2, 0.25) is 0 Å². The maximum atomic E-state index is 12.1. The second-order valence-corrected chi connectivity index (χ2v) is 4.72. The molecule has 0 unspecified atom stereocenters. The Labute approximate surface area is 97.4 Å². The Kier molecular flexibility index (Phi) is 4.53. The number of hydrogen-bond acceptors (Lipinski definition) is 2. The first-order chi connectivity index (χ1) is 7.38. The van der Waals surface area contributed by atoms with Crippen LogP contribution in [0.3, 0.4) is 0 Å². The van der Waals surface area contributed by atoms with Crippen molar-refractivity contribution in [1.82, 2.24) is 0 Å². The number of halogens is 3. The van der Waals surface area contributed by atoms with Crippen LogP contribution in [0, 0.1) is 0 Å². The fourth-order valence-electron chi connectivity index (χ4n) is 1.18. The monoisotopic (exact) mass is 249 g/mol. The Morgan fingerprint density at radius 1 is 1.25 bits per heavy atom. The molecule has 16 heavy (non-hydrogen) atoms. The van der Waals surface area contributed by atoms with Crippen molar-refractivity contribution < 1.29 is 13.2 Å². The summed E-state index contributed by atoms with van der Waals surface area (Å²) in [5.41, 5.74) is 0.756. The Morgan fingerprint density at radius 3 is 2.44 bits per heavy atom. The van der Waals surface area contributed by atoms with Crippen molar-refractivity contribution in [1.29, 1.82) is 0 Å². The number of nitrogens with one attached hydrogen (secondary N) is 1. The lowest BCUT2D eigenvalue weighted by Crippen LogP contribution is -2.12. The largest absolute Gasteiger partial charge is 0.398 e. The van der Waals surface area contributed by atoms with Crippen molar-refractivity contribution in [3.8, 4) is 0 Å². The first kappa shape index (κ1) is 13.2. The number of hydrogen-bond donors (Lipinski definition) is 1. The normalized spacial score (nSPS) is 11.9. The van der Waals surface area contributed by atoms with Gasteiger partial charge in [0, 0.05) is 16.6 Å². The maximum absolute atomic E-state index is 12.1. The number of alkyl halides is 3. The molecule has 0 saturated heterocycles. The molecule has 0 fully saturated rings. The minimum atomic E-state index is -4.13. The van der Waals surface area contributed by atoms with Crippen LogP contribution in [-0.2, 0) is 0 Å². The lowest BCUT2D eigenvalue weighted by atomic mass is 10.3. The van der Waals surface area contributed by atoms with Gasteiger partial charge in [-0.15, -0.1) is 11.8 Å². The summed E-state index contributed by atoms with van der Waals surface area (Å²) in [6, 6.07) is 7.24. The molecule has 0 aromatic heterocycles. The summed E-state index contributed by atoms with van der Waals surface area (Å²) in [4.78, 5) is 0.633. The molecule has 0 aliphatic heterocycles. The van der Waals surface area contributed by atoms with Crippen LogP contribution in [-0.4, -0.2) is 18.0 Å². The Balaban J connectivity index is 2.71. The fraction of sp³-hybridized carbons (Fsp3) is 0.455. The predicted octanol–water partition coefficient (Wildman–Crippen LogP) is 4.16. The van der Waals surface area contributed by atoms with E-state index in [9.17, 15) is 13.2 Å². The molecule has 1 rings (SSSR count). The van der Waals surface area contributed by atoms with Crippen LogP contribution in [0.5, 0.6) is 0 Å². The molecule has 0 amide bonds. The van der Waals surface area contributed by atoms with Crippen LogP contribution < -0.4 is 5.32 Å². The quantitative estimate of drug-likeness (QED) is 0.804. The van der Waals surface area contributed by atoms with Crippen LogP contribution in [0.25, 0.3) is 0 Å². The molecule has 1 aromatic carbocycles. The third-order valence-corrected chi connectivity index (χ3v) is 2.86. The van der Waals surface area contributed by atoms with Gasteiger partial charge in [-0.05, 0) is 26.0 Å². The highest BCUT2D eigenvalue weighted by atomic mass is 32.2. The number of thioether (sulfide) groups is 1. The first-order valence-electron chi connectivity index (χ1n) is 4.93. The lowest BCUT2D eigenvalue weighted by molar-refractivity contribution is -0.105. The van der Waals surface area contributed by atoms with E-state index in [1.807, 2.05) is 19.9 Å². The predicted molar refractivity (Wildman–Crippen MR) is 62.0 cm³/mol. The van der Waals surface area contributed by atoms with Crippen LogP contribution in [0.4, 0.5) is 18.9 Å². The molecule has 0 atom stereocenters. The highest BCUT2D eigenvalue weighted by Gasteiger charge is 2.27. The zero-order valence-electron chi connectivity index (χ0n) is 9.14. The summed E-state index contributed by atoms with van der Waals surface area (Å²) in [5, 5.41) is 3.12. The molecule has 0 aliphatic rings. The zero-order chi connectivity index (χ0) is 12.2. The molecule has 1 aromatic rings. The van der Waals surface area contributed by atoms with E-state index in [1.54, 1.807) is 18.2 Å².